The van der Waals surface area contributed by atoms with E-state index in [2.05, 4.69) is 5.32 Å². The van der Waals surface area contributed by atoms with Crippen LogP contribution in [0.1, 0.15) is 12.8 Å². The minimum absolute atomic E-state index is 0.0376. The van der Waals surface area contributed by atoms with Crippen molar-refractivity contribution < 1.29 is 13.2 Å². The lowest BCUT2D eigenvalue weighted by Gasteiger charge is -2.25. The van der Waals surface area contributed by atoms with E-state index in [1.807, 2.05) is 0 Å². The lowest BCUT2D eigenvalue weighted by atomic mass is 10.3. The molecule has 88 valence electrons. The van der Waals surface area contributed by atoms with Gasteiger partial charge in [-0.25, -0.2) is 8.42 Å². The second-order valence-electron chi connectivity index (χ2n) is 4.19. The Hall–Kier alpha value is -0.170. The van der Waals surface area contributed by atoms with Crippen LogP contribution in [0.2, 0.25) is 0 Å². The third kappa shape index (κ3) is 2.18. The van der Waals surface area contributed by atoms with E-state index in [1.54, 1.807) is 7.05 Å². The number of likely N-dealkylation sites (N-methyl/N-ethyl adjacent to an activating group) is 1. The van der Waals surface area contributed by atoms with Crippen LogP contribution in [0.4, 0.5) is 0 Å². The Labute approximate surface area is 90.8 Å². The van der Waals surface area contributed by atoms with Crippen LogP contribution in [-0.2, 0) is 14.8 Å². The van der Waals surface area contributed by atoms with Crippen molar-refractivity contribution in [1.82, 2.24) is 9.62 Å². The molecule has 0 saturated carbocycles. The molecule has 2 rings (SSSR count). The zero-order chi connectivity index (χ0) is 10.9. The molecule has 0 bridgehead atoms. The molecule has 0 spiro atoms. The molecule has 2 aliphatic rings. The predicted octanol–water partition coefficient (Wildman–Crippen LogP) is -0.601. The summed E-state index contributed by atoms with van der Waals surface area (Å²) in [5, 5.41) is 2.84. The Morgan fingerprint density at radius 2 is 2.20 bits per heavy atom. The van der Waals surface area contributed by atoms with Crippen LogP contribution in [0.5, 0.6) is 0 Å². The van der Waals surface area contributed by atoms with Crippen LogP contribution < -0.4 is 5.32 Å². The van der Waals surface area contributed by atoms with Crippen molar-refractivity contribution in [3.63, 3.8) is 0 Å². The fraction of sp³-hybridized carbons (Fsp3) is 1.00. The van der Waals surface area contributed by atoms with E-state index in [1.165, 1.54) is 4.31 Å². The summed E-state index contributed by atoms with van der Waals surface area (Å²) >= 11 is 0. The number of ether oxygens (including phenoxy) is 1. The molecule has 6 heteroatoms. The van der Waals surface area contributed by atoms with Crippen LogP contribution >= 0.6 is 0 Å². The van der Waals surface area contributed by atoms with E-state index in [9.17, 15) is 8.42 Å². The van der Waals surface area contributed by atoms with Crippen molar-refractivity contribution in [3.8, 4) is 0 Å². The highest BCUT2D eigenvalue weighted by atomic mass is 32.2. The summed E-state index contributed by atoms with van der Waals surface area (Å²) in [6, 6.07) is 0.0376. The first kappa shape index (κ1) is 11.3. The molecule has 1 N–H and O–H groups in total. The standard InChI is InChI=1S/C9H18N2O3S/c1-11(8-3-5-14-7-8)15(12,13)9-2-4-10-6-9/h8-10H,2-7H2,1H3. The largest absolute Gasteiger partial charge is 0.380 e. The highest BCUT2D eigenvalue weighted by Crippen LogP contribution is 2.20. The molecule has 0 aromatic rings. The summed E-state index contributed by atoms with van der Waals surface area (Å²) < 4.78 is 31.0. The van der Waals surface area contributed by atoms with E-state index in [-0.39, 0.29) is 11.3 Å². The van der Waals surface area contributed by atoms with Crippen molar-refractivity contribution in [2.75, 3.05) is 33.4 Å². The van der Waals surface area contributed by atoms with Gasteiger partial charge in [0.05, 0.1) is 17.9 Å². The van der Waals surface area contributed by atoms with Crippen molar-refractivity contribution in [2.24, 2.45) is 0 Å². The maximum Gasteiger partial charge on any atom is 0.218 e. The van der Waals surface area contributed by atoms with Gasteiger partial charge in [0, 0.05) is 20.2 Å². The van der Waals surface area contributed by atoms with E-state index >= 15 is 0 Å². The first-order valence-corrected chi connectivity index (χ1v) is 6.88. The van der Waals surface area contributed by atoms with Crippen LogP contribution in [0.25, 0.3) is 0 Å². The van der Waals surface area contributed by atoms with Gasteiger partial charge in [0.15, 0.2) is 0 Å². The number of sulfonamides is 1. The van der Waals surface area contributed by atoms with E-state index in [4.69, 9.17) is 4.74 Å². The summed E-state index contributed by atoms with van der Waals surface area (Å²) in [7, 11) is -1.46. The topological polar surface area (TPSA) is 58.6 Å². The summed E-state index contributed by atoms with van der Waals surface area (Å²) in [5.74, 6) is 0. The number of rotatable bonds is 3. The molecule has 0 amide bonds. The molecule has 2 fully saturated rings. The molecule has 2 atom stereocenters. The molecular weight excluding hydrogens is 216 g/mol. The lowest BCUT2D eigenvalue weighted by Crippen LogP contribution is -2.43. The van der Waals surface area contributed by atoms with E-state index in [0.29, 0.717) is 19.8 Å². The maximum absolute atomic E-state index is 12.2. The fourth-order valence-electron chi connectivity index (χ4n) is 2.13. The van der Waals surface area contributed by atoms with E-state index < -0.39 is 10.0 Å². The Kier molecular flexibility index (Phi) is 3.30. The van der Waals surface area contributed by atoms with Crippen molar-refractivity contribution in [3.05, 3.63) is 0 Å². The Bertz CT molecular complexity index is 305. The second kappa shape index (κ2) is 4.37. The summed E-state index contributed by atoms with van der Waals surface area (Å²) in [5.41, 5.74) is 0. The zero-order valence-electron chi connectivity index (χ0n) is 8.98. The van der Waals surface area contributed by atoms with Crippen LogP contribution in [-0.4, -0.2) is 57.4 Å². The van der Waals surface area contributed by atoms with Gasteiger partial charge in [-0.3, -0.25) is 0 Å². The molecule has 2 saturated heterocycles. The smallest absolute Gasteiger partial charge is 0.218 e. The van der Waals surface area contributed by atoms with Gasteiger partial charge in [-0.1, -0.05) is 0 Å². The normalized spacial score (nSPS) is 32.7. The maximum atomic E-state index is 12.2. The number of hydrogen-bond donors (Lipinski definition) is 1. The molecule has 5 nitrogen and oxygen atoms in total. The SMILES string of the molecule is CN(C1CCOC1)S(=O)(=O)C1CCNC1. The van der Waals surface area contributed by atoms with Gasteiger partial charge in [-0.15, -0.1) is 0 Å². The summed E-state index contributed by atoms with van der Waals surface area (Å²) in [6.07, 6.45) is 1.54. The molecule has 15 heavy (non-hydrogen) atoms. The molecular formula is C9H18N2O3S. The zero-order valence-corrected chi connectivity index (χ0v) is 9.79. The third-order valence-corrected chi connectivity index (χ3v) is 5.60. The van der Waals surface area contributed by atoms with Gasteiger partial charge >= 0.3 is 0 Å². The quantitative estimate of drug-likeness (QED) is 0.708. The lowest BCUT2D eigenvalue weighted by molar-refractivity contribution is 0.180. The van der Waals surface area contributed by atoms with Gasteiger partial charge in [-0.05, 0) is 19.4 Å². The minimum Gasteiger partial charge on any atom is -0.380 e. The number of hydrogen-bond acceptors (Lipinski definition) is 4. The van der Waals surface area contributed by atoms with Gasteiger partial charge < -0.3 is 10.1 Å². The Morgan fingerprint density at radius 3 is 2.73 bits per heavy atom. The highest BCUT2D eigenvalue weighted by Gasteiger charge is 2.36. The van der Waals surface area contributed by atoms with Crippen molar-refractivity contribution in [2.45, 2.75) is 24.1 Å². The molecule has 2 aliphatic heterocycles. The Balaban J connectivity index is 2.06. The monoisotopic (exact) mass is 234 g/mol. The molecule has 0 radical (unpaired) electrons. The highest BCUT2D eigenvalue weighted by molar-refractivity contribution is 7.89. The van der Waals surface area contributed by atoms with Crippen molar-refractivity contribution >= 4 is 10.0 Å². The molecule has 0 aromatic heterocycles. The number of nitrogens with one attached hydrogen (secondary N) is 1. The van der Waals surface area contributed by atoms with Crippen LogP contribution in [0, 0.1) is 0 Å². The van der Waals surface area contributed by atoms with Crippen LogP contribution in [0.15, 0.2) is 0 Å². The molecule has 2 heterocycles. The van der Waals surface area contributed by atoms with Gasteiger partial charge in [-0.2, -0.15) is 4.31 Å². The van der Waals surface area contributed by atoms with Gasteiger partial charge in [0.2, 0.25) is 10.0 Å². The molecule has 2 unspecified atom stereocenters. The fourth-order valence-corrected chi connectivity index (χ4v) is 3.93. The average molecular weight is 234 g/mol. The van der Waals surface area contributed by atoms with E-state index in [0.717, 1.165) is 19.4 Å². The third-order valence-electron chi connectivity index (χ3n) is 3.26. The molecule has 0 aromatic carbocycles. The summed E-state index contributed by atoms with van der Waals surface area (Å²) in [6.45, 7) is 2.60. The average Bonchev–Trinajstić information content (AvgIpc) is 2.89. The molecule has 0 aliphatic carbocycles. The first-order chi connectivity index (χ1) is 7.12. The number of nitrogens with zero attached hydrogens (tertiary/aromatic N) is 1. The predicted molar refractivity (Wildman–Crippen MR) is 57.2 cm³/mol. The summed E-state index contributed by atoms with van der Waals surface area (Å²) in [4.78, 5) is 0. The second-order valence-corrected chi connectivity index (χ2v) is 6.47. The van der Waals surface area contributed by atoms with Gasteiger partial charge in [0.1, 0.15) is 0 Å². The minimum atomic E-state index is -3.13. The first-order valence-electron chi connectivity index (χ1n) is 5.37. The Morgan fingerprint density at radius 1 is 1.40 bits per heavy atom. The van der Waals surface area contributed by atoms with Crippen LogP contribution in [0.3, 0.4) is 0 Å². The van der Waals surface area contributed by atoms with Gasteiger partial charge in [0.25, 0.3) is 0 Å². The van der Waals surface area contributed by atoms with Crippen molar-refractivity contribution in [1.29, 1.82) is 0 Å².